The fraction of sp³-hybridized carbons (Fsp3) is 0.182. The second-order valence-electron chi connectivity index (χ2n) is 3.61. The summed E-state index contributed by atoms with van der Waals surface area (Å²) in [5, 5.41) is 10.6. The van der Waals surface area contributed by atoms with Crippen molar-refractivity contribution >= 4 is 34.7 Å². The highest BCUT2D eigenvalue weighted by Gasteiger charge is 2.30. The van der Waals surface area contributed by atoms with E-state index in [2.05, 4.69) is 0 Å². The van der Waals surface area contributed by atoms with E-state index in [1.54, 1.807) is 25.2 Å². The van der Waals surface area contributed by atoms with Gasteiger partial charge in [-0.15, -0.1) is 0 Å². The number of hydrogen-bond acceptors (Lipinski definition) is 2. The van der Waals surface area contributed by atoms with Gasteiger partial charge >= 0.3 is 0 Å². The molecule has 0 radical (unpaired) electrons. The minimum atomic E-state index is -0.248. The van der Waals surface area contributed by atoms with E-state index in [4.69, 9.17) is 23.2 Å². The summed E-state index contributed by atoms with van der Waals surface area (Å²) >= 11 is 11.8. The zero-order valence-electron chi connectivity index (χ0n) is 8.50. The lowest BCUT2D eigenvalue weighted by Gasteiger charge is -2.08. The molecule has 0 aromatic heterocycles. The Kier molecular flexibility index (Phi) is 2.82. The molecule has 1 N–H and O–H groups in total. The molecule has 1 aromatic rings. The third kappa shape index (κ3) is 1.77. The van der Waals surface area contributed by atoms with E-state index in [0.29, 0.717) is 15.6 Å². The van der Waals surface area contributed by atoms with Gasteiger partial charge < -0.3 is 10.0 Å². The molecule has 0 spiro atoms. The summed E-state index contributed by atoms with van der Waals surface area (Å²) in [6.07, 6.45) is 0. The van der Waals surface area contributed by atoms with Gasteiger partial charge in [-0.05, 0) is 18.2 Å². The molecule has 1 amide bonds. The van der Waals surface area contributed by atoms with Crippen LogP contribution in [0.5, 0.6) is 0 Å². The largest absolute Gasteiger partial charge is 0.510 e. The Bertz CT molecular complexity index is 497. The smallest absolute Gasteiger partial charge is 0.258 e. The molecule has 16 heavy (non-hydrogen) atoms. The Balaban J connectivity index is 2.57. The normalized spacial score (nSPS) is 16.2. The van der Waals surface area contributed by atoms with Gasteiger partial charge in [0.2, 0.25) is 0 Å². The van der Waals surface area contributed by atoms with Crippen molar-refractivity contribution < 1.29 is 9.90 Å². The molecule has 0 saturated heterocycles. The van der Waals surface area contributed by atoms with Crippen LogP contribution in [-0.2, 0) is 4.79 Å². The Labute approximate surface area is 103 Å². The topological polar surface area (TPSA) is 40.5 Å². The molecule has 1 aliphatic heterocycles. The molecule has 1 heterocycles. The summed E-state index contributed by atoms with van der Waals surface area (Å²) in [6.45, 7) is 0.205. The van der Waals surface area contributed by atoms with E-state index in [-0.39, 0.29) is 23.8 Å². The molecule has 0 saturated carbocycles. The molecule has 0 bridgehead atoms. The molecule has 1 aliphatic rings. The quantitative estimate of drug-likeness (QED) is 0.841. The number of carbonyl (C=O) groups excluding carboxylic acids is 1. The summed E-state index contributed by atoms with van der Waals surface area (Å²) in [4.78, 5) is 13.2. The first-order valence-electron chi connectivity index (χ1n) is 4.63. The lowest BCUT2D eigenvalue weighted by atomic mass is 10.1. The van der Waals surface area contributed by atoms with Gasteiger partial charge in [-0.1, -0.05) is 23.2 Å². The molecule has 0 unspecified atom stereocenters. The number of carbonyl (C=O) groups is 1. The fourth-order valence-corrected chi connectivity index (χ4v) is 2.03. The zero-order chi connectivity index (χ0) is 11.9. The lowest BCUT2D eigenvalue weighted by molar-refractivity contribution is -0.122. The third-order valence-corrected chi connectivity index (χ3v) is 3.00. The molecule has 1 aromatic carbocycles. The summed E-state index contributed by atoms with van der Waals surface area (Å²) < 4.78 is 0. The van der Waals surface area contributed by atoms with Crippen molar-refractivity contribution in [2.75, 3.05) is 13.6 Å². The minimum Gasteiger partial charge on any atom is -0.510 e. The van der Waals surface area contributed by atoms with Crippen LogP contribution in [0.15, 0.2) is 24.0 Å². The molecule has 0 atom stereocenters. The summed E-state index contributed by atoms with van der Waals surface area (Å²) in [7, 11) is 1.62. The molecular weight excluding hydrogens is 249 g/mol. The number of hydrogen-bond donors (Lipinski definition) is 1. The average molecular weight is 258 g/mol. The summed E-state index contributed by atoms with van der Waals surface area (Å²) in [5.41, 5.74) is 0.705. The van der Waals surface area contributed by atoms with E-state index < -0.39 is 0 Å². The predicted octanol–water partition coefficient (Wildman–Crippen LogP) is 2.73. The standard InChI is InChI=1S/C11H9Cl2NO2/c1-14-5-9(15)10(11(14)16)7-4-6(12)2-3-8(7)13/h2-4,15H,5H2,1H3. The van der Waals surface area contributed by atoms with Crippen molar-refractivity contribution in [2.24, 2.45) is 0 Å². The van der Waals surface area contributed by atoms with Crippen LogP contribution in [0.2, 0.25) is 10.0 Å². The molecule has 0 aliphatic carbocycles. The average Bonchev–Trinajstić information content (AvgIpc) is 2.46. The van der Waals surface area contributed by atoms with Crippen molar-refractivity contribution in [1.82, 2.24) is 4.90 Å². The highest BCUT2D eigenvalue weighted by Crippen LogP contribution is 2.32. The molecular formula is C11H9Cl2NO2. The number of likely N-dealkylation sites (N-methyl/N-ethyl adjacent to an activating group) is 1. The Morgan fingerprint density at radius 1 is 1.38 bits per heavy atom. The zero-order valence-corrected chi connectivity index (χ0v) is 10.0. The van der Waals surface area contributed by atoms with Gasteiger partial charge in [0.15, 0.2) is 0 Å². The maximum atomic E-state index is 11.8. The van der Waals surface area contributed by atoms with Gasteiger partial charge in [0.1, 0.15) is 5.76 Å². The molecule has 2 rings (SSSR count). The second kappa shape index (κ2) is 4.00. The van der Waals surface area contributed by atoms with Gasteiger partial charge in [-0.3, -0.25) is 4.79 Å². The van der Waals surface area contributed by atoms with Crippen molar-refractivity contribution in [3.8, 4) is 0 Å². The Morgan fingerprint density at radius 3 is 2.62 bits per heavy atom. The number of amides is 1. The summed E-state index contributed by atoms with van der Waals surface area (Å²) in [6, 6.07) is 4.81. The minimum absolute atomic E-state index is 0.0247. The first-order valence-corrected chi connectivity index (χ1v) is 5.39. The van der Waals surface area contributed by atoms with E-state index in [1.165, 1.54) is 4.90 Å². The van der Waals surface area contributed by atoms with E-state index >= 15 is 0 Å². The summed E-state index contributed by atoms with van der Waals surface area (Å²) in [5.74, 6) is -0.224. The lowest BCUT2D eigenvalue weighted by Crippen LogP contribution is -2.21. The second-order valence-corrected chi connectivity index (χ2v) is 4.45. The highest BCUT2D eigenvalue weighted by molar-refractivity contribution is 6.37. The van der Waals surface area contributed by atoms with E-state index in [1.807, 2.05) is 0 Å². The van der Waals surface area contributed by atoms with E-state index in [0.717, 1.165) is 0 Å². The van der Waals surface area contributed by atoms with Gasteiger partial charge in [-0.25, -0.2) is 0 Å². The van der Waals surface area contributed by atoms with Crippen molar-refractivity contribution in [1.29, 1.82) is 0 Å². The number of aliphatic hydroxyl groups is 1. The number of halogens is 2. The molecule has 3 nitrogen and oxygen atoms in total. The van der Waals surface area contributed by atoms with Crippen LogP contribution < -0.4 is 0 Å². The number of rotatable bonds is 1. The first-order chi connectivity index (χ1) is 7.50. The highest BCUT2D eigenvalue weighted by atomic mass is 35.5. The van der Waals surface area contributed by atoms with Crippen molar-refractivity contribution in [3.63, 3.8) is 0 Å². The fourth-order valence-electron chi connectivity index (χ4n) is 1.65. The van der Waals surface area contributed by atoms with Crippen LogP contribution in [0.3, 0.4) is 0 Å². The Hall–Kier alpha value is -1.19. The van der Waals surface area contributed by atoms with Crippen LogP contribution in [0, 0.1) is 0 Å². The third-order valence-electron chi connectivity index (χ3n) is 2.43. The predicted molar refractivity (Wildman–Crippen MR) is 63.6 cm³/mol. The van der Waals surface area contributed by atoms with Gasteiger partial charge in [0.25, 0.3) is 5.91 Å². The van der Waals surface area contributed by atoms with Crippen LogP contribution in [0.1, 0.15) is 5.56 Å². The number of nitrogens with zero attached hydrogens (tertiary/aromatic N) is 1. The SMILES string of the molecule is CN1CC(O)=C(c2cc(Cl)ccc2Cl)C1=O. The molecule has 5 heteroatoms. The van der Waals surface area contributed by atoms with Crippen molar-refractivity contribution in [3.05, 3.63) is 39.6 Å². The van der Waals surface area contributed by atoms with Crippen LogP contribution in [0.25, 0.3) is 5.57 Å². The van der Waals surface area contributed by atoms with Crippen LogP contribution >= 0.6 is 23.2 Å². The van der Waals surface area contributed by atoms with Crippen LogP contribution in [0.4, 0.5) is 0 Å². The van der Waals surface area contributed by atoms with E-state index in [9.17, 15) is 9.90 Å². The maximum absolute atomic E-state index is 11.8. The van der Waals surface area contributed by atoms with Crippen molar-refractivity contribution in [2.45, 2.75) is 0 Å². The first kappa shape index (κ1) is 11.3. The van der Waals surface area contributed by atoms with Crippen LogP contribution in [-0.4, -0.2) is 29.5 Å². The van der Waals surface area contributed by atoms with Gasteiger partial charge in [-0.2, -0.15) is 0 Å². The molecule has 0 fully saturated rings. The number of aliphatic hydroxyl groups excluding tert-OH is 1. The van der Waals surface area contributed by atoms with Gasteiger partial charge in [0.05, 0.1) is 12.1 Å². The maximum Gasteiger partial charge on any atom is 0.258 e. The van der Waals surface area contributed by atoms with Gasteiger partial charge in [0, 0.05) is 22.7 Å². The Morgan fingerprint density at radius 2 is 2.06 bits per heavy atom. The molecule has 84 valence electrons. The number of benzene rings is 1. The monoisotopic (exact) mass is 257 g/mol.